The molecule has 136 valence electrons. The highest BCUT2D eigenvalue weighted by molar-refractivity contribution is 5.87. The number of aromatic nitrogens is 1. The van der Waals surface area contributed by atoms with E-state index in [0.717, 1.165) is 24.0 Å². The first-order valence-electron chi connectivity index (χ1n) is 8.51. The molecule has 0 saturated carbocycles. The third kappa shape index (κ3) is 4.58. The maximum absolute atomic E-state index is 12.3. The molecule has 1 aromatic carbocycles. The number of hydrogen-bond donors (Lipinski definition) is 3. The average molecular weight is 355 g/mol. The normalized spacial score (nSPS) is 19.5. The maximum atomic E-state index is 12.3. The number of aromatic carboxylic acids is 1. The number of nitrogens with zero attached hydrogens (tertiary/aromatic N) is 1. The Kier molecular flexibility index (Phi) is 5.80. The van der Waals surface area contributed by atoms with Crippen molar-refractivity contribution in [1.82, 2.24) is 15.6 Å². The zero-order valence-corrected chi connectivity index (χ0v) is 14.2. The number of amides is 2. The number of hydrogen-bond acceptors (Lipinski definition) is 4. The fourth-order valence-electron chi connectivity index (χ4n) is 2.98. The van der Waals surface area contributed by atoms with Crippen LogP contribution in [0.25, 0.3) is 0 Å². The molecule has 0 radical (unpaired) electrons. The molecule has 3 N–H and O–H groups in total. The van der Waals surface area contributed by atoms with Crippen molar-refractivity contribution in [3.05, 3.63) is 65.5 Å². The number of nitrogens with one attached hydrogen (secondary N) is 2. The van der Waals surface area contributed by atoms with E-state index in [0.29, 0.717) is 13.2 Å². The highest BCUT2D eigenvalue weighted by Crippen LogP contribution is 2.27. The monoisotopic (exact) mass is 355 g/mol. The Balaban J connectivity index is 1.55. The summed E-state index contributed by atoms with van der Waals surface area (Å²) in [6, 6.07) is 9.82. The number of ether oxygens (including phenoxy) is 1. The summed E-state index contributed by atoms with van der Waals surface area (Å²) >= 11 is 0. The van der Waals surface area contributed by atoms with Gasteiger partial charge in [0.2, 0.25) is 0 Å². The number of pyridine rings is 1. The van der Waals surface area contributed by atoms with E-state index in [1.807, 2.05) is 12.1 Å². The van der Waals surface area contributed by atoms with Gasteiger partial charge in [0.15, 0.2) is 0 Å². The van der Waals surface area contributed by atoms with Crippen molar-refractivity contribution in [2.45, 2.75) is 31.5 Å². The molecule has 1 aliphatic rings. The minimum absolute atomic E-state index is 0.111. The fourth-order valence-corrected chi connectivity index (χ4v) is 2.98. The van der Waals surface area contributed by atoms with Gasteiger partial charge in [0, 0.05) is 25.5 Å². The van der Waals surface area contributed by atoms with Crippen molar-refractivity contribution in [3.63, 3.8) is 0 Å². The molecule has 2 amide bonds. The molecular formula is C19H21N3O4. The van der Waals surface area contributed by atoms with E-state index < -0.39 is 5.97 Å². The van der Waals surface area contributed by atoms with Gasteiger partial charge in [-0.1, -0.05) is 12.1 Å². The fraction of sp³-hybridized carbons (Fsp3) is 0.316. The van der Waals surface area contributed by atoms with Crippen molar-refractivity contribution in [1.29, 1.82) is 0 Å². The molecule has 0 aliphatic carbocycles. The van der Waals surface area contributed by atoms with Gasteiger partial charge in [0.05, 0.1) is 11.6 Å². The largest absolute Gasteiger partial charge is 0.478 e. The van der Waals surface area contributed by atoms with E-state index in [1.165, 1.54) is 12.1 Å². The molecule has 0 unspecified atom stereocenters. The number of benzene rings is 1. The Labute approximate surface area is 151 Å². The van der Waals surface area contributed by atoms with Gasteiger partial charge < -0.3 is 20.5 Å². The van der Waals surface area contributed by atoms with Crippen LogP contribution in [0.2, 0.25) is 0 Å². The first kappa shape index (κ1) is 17.9. The van der Waals surface area contributed by atoms with Crippen LogP contribution in [0.4, 0.5) is 4.79 Å². The smallest absolute Gasteiger partial charge is 0.335 e. The number of carboxylic acid groups (broad SMARTS) is 1. The standard InChI is InChI=1S/C19H21N3O4/c23-18(24)15-5-3-13(4-6-15)12-21-19(25)22-16-2-1-11-26-17(16)14-7-9-20-10-8-14/h3-10,16-17H,1-2,11-12H2,(H,23,24)(H2,21,22,25)/t16-,17+/m0/s1. The molecule has 0 bridgehead atoms. The molecule has 2 heterocycles. The van der Waals surface area contributed by atoms with E-state index in [1.54, 1.807) is 24.5 Å². The summed E-state index contributed by atoms with van der Waals surface area (Å²) < 4.78 is 5.85. The Morgan fingerprint density at radius 1 is 1.15 bits per heavy atom. The van der Waals surface area contributed by atoms with Gasteiger partial charge in [-0.25, -0.2) is 9.59 Å². The molecule has 7 nitrogen and oxygen atoms in total. The first-order valence-corrected chi connectivity index (χ1v) is 8.51. The van der Waals surface area contributed by atoms with Crippen LogP contribution in [0.5, 0.6) is 0 Å². The van der Waals surface area contributed by atoms with Crippen LogP contribution < -0.4 is 10.6 Å². The van der Waals surface area contributed by atoms with Crippen molar-refractivity contribution in [2.75, 3.05) is 6.61 Å². The van der Waals surface area contributed by atoms with Crippen molar-refractivity contribution >= 4 is 12.0 Å². The van der Waals surface area contributed by atoms with Gasteiger partial charge in [0.1, 0.15) is 6.10 Å². The second kappa shape index (κ2) is 8.44. The molecule has 1 aliphatic heterocycles. The highest BCUT2D eigenvalue weighted by Gasteiger charge is 2.28. The summed E-state index contributed by atoms with van der Waals surface area (Å²) in [5.74, 6) is -0.971. The summed E-state index contributed by atoms with van der Waals surface area (Å²) in [6.45, 7) is 0.988. The molecule has 1 aromatic heterocycles. The summed E-state index contributed by atoms with van der Waals surface area (Å²) in [6.07, 6.45) is 4.97. The van der Waals surface area contributed by atoms with E-state index in [-0.39, 0.29) is 23.7 Å². The molecule has 2 aromatic rings. The molecule has 1 saturated heterocycles. The van der Waals surface area contributed by atoms with Crippen molar-refractivity contribution in [3.8, 4) is 0 Å². The Hall–Kier alpha value is -2.93. The third-order valence-corrected chi connectivity index (χ3v) is 4.33. The van der Waals surface area contributed by atoms with Crippen LogP contribution in [0, 0.1) is 0 Å². The minimum Gasteiger partial charge on any atom is -0.478 e. The minimum atomic E-state index is -0.971. The van der Waals surface area contributed by atoms with E-state index in [4.69, 9.17) is 9.84 Å². The van der Waals surface area contributed by atoms with E-state index in [2.05, 4.69) is 15.6 Å². The van der Waals surface area contributed by atoms with Gasteiger partial charge in [-0.3, -0.25) is 4.98 Å². The molecule has 1 fully saturated rings. The lowest BCUT2D eigenvalue weighted by Crippen LogP contribution is -2.46. The summed E-state index contributed by atoms with van der Waals surface area (Å²) in [5, 5.41) is 14.7. The van der Waals surface area contributed by atoms with Crippen LogP contribution in [0.1, 0.15) is 40.4 Å². The third-order valence-electron chi connectivity index (χ3n) is 4.33. The second-order valence-corrected chi connectivity index (χ2v) is 6.15. The lowest BCUT2D eigenvalue weighted by molar-refractivity contribution is -0.00747. The van der Waals surface area contributed by atoms with Crippen LogP contribution in [0.3, 0.4) is 0 Å². The Bertz CT molecular complexity index is 749. The Morgan fingerprint density at radius 2 is 1.88 bits per heavy atom. The van der Waals surface area contributed by atoms with E-state index >= 15 is 0 Å². The summed E-state index contributed by atoms with van der Waals surface area (Å²) in [5.41, 5.74) is 2.04. The van der Waals surface area contributed by atoms with Crippen molar-refractivity contribution in [2.24, 2.45) is 0 Å². The lowest BCUT2D eigenvalue weighted by atomic mass is 9.97. The zero-order valence-electron chi connectivity index (χ0n) is 14.2. The molecule has 0 spiro atoms. The number of urea groups is 1. The topological polar surface area (TPSA) is 101 Å². The number of carboxylic acids is 1. The quantitative estimate of drug-likeness (QED) is 0.765. The predicted molar refractivity (Wildman–Crippen MR) is 94.7 cm³/mol. The zero-order chi connectivity index (χ0) is 18.4. The molecule has 7 heteroatoms. The maximum Gasteiger partial charge on any atom is 0.335 e. The second-order valence-electron chi connectivity index (χ2n) is 6.15. The highest BCUT2D eigenvalue weighted by atomic mass is 16.5. The van der Waals surface area contributed by atoms with Gasteiger partial charge in [-0.2, -0.15) is 0 Å². The summed E-state index contributed by atoms with van der Waals surface area (Å²) in [7, 11) is 0. The van der Waals surface area contributed by atoms with Crippen LogP contribution in [-0.4, -0.2) is 34.7 Å². The first-order chi connectivity index (χ1) is 12.6. The SMILES string of the molecule is O=C(NCc1ccc(C(=O)O)cc1)N[C@H]1CCCO[C@@H]1c1ccncc1. The Morgan fingerprint density at radius 3 is 2.58 bits per heavy atom. The summed E-state index contributed by atoms with van der Waals surface area (Å²) in [4.78, 5) is 27.1. The van der Waals surface area contributed by atoms with Crippen LogP contribution in [0.15, 0.2) is 48.8 Å². The van der Waals surface area contributed by atoms with Crippen molar-refractivity contribution < 1.29 is 19.4 Å². The number of carbonyl (C=O) groups excluding carboxylic acids is 1. The average Bonchev–Trinajstić information content (AvgIpc) is 2.68. The predicted octanol–water partition coefficient (Wildman–Crippen LogP) is 2.50. The van der Waals surface area contributed by atoms with Crippen LogP contribution in [-0.2, 0) is 11.3 Å². The molecular weight excluding hydrogens is 334 g/mol. The lowest BCUT2D eigenvalue weighted by Gasteiger charge is -2.32. The van der Waals surface area contributed by atoms with Crippen LogP contribution >= 0.6 is 0 Å². The number of rotatable bonds is 5. The van der Waals surface area contributed by atoms with Gasteiger partial charge in [-0.15, -0.1) is 0 Å². The van der Waals surface area contributed by atoms with E-state index in [9.17, 15) is 9.59 Å². The van der Waals surface area contributed by atoms with Gasteiger partial charge >= 0.3 is 12.0 Å². The molecule has 2 atom stereocenters. The number of carbonyl (C=O) groups is 2. The molecule has 3 rings (SSSR count). The van der Waals surface area contributed by atoms with Gasteiger partial charge in [0.25, 0.3) is 0 Å². The van der Waals surface area contributed by atoms with Gasteiger partial charge in [-0.05, 0) is 48.2 Å². The molecule has 26 heavy (non-hydrogen) atoms.